The second-order valence-electron chi connectivity index (χ2n) is 5.77. The van der Waals surface area contributed by atoms with E-state index in [2.05, 4.69) is 24.9 Å². The fourth-order valence-electron chi connectivity index (χ4n) is 2.71. The summed E-state index contributed by atoms with van der Waals surface area (Å²) in [7, 11) is -3.71. The zero-order valence-corrected chi connectivity index (χ0v) is 14.9. The van der Waals surface area contributed by atoms with Gasteiger partial charge in [-0.05, 0) is 42.0 Å². The zero-order valence-electron chi connectivity index (χ0n) is 14.1. The van der Waals surface area contributed by atoms with E-state index < -0.39 is 10.0 Å². The summed E-state index contributed by atoms with van der Waals surface area (Å²) in [4.78, 5) is 7.99. The maximum atomic E-state index is 12.5. The van der Waals surface area contributed by atoms with Gasteiger partial charge in [-0.1, -0.05) is 12.1 Å². The average molecular weight is 377 g/mol. The first kappa shape index (κ1) is 16.9. The van der Waals surface area contributed by atoms with Crippen LogP contribution in [0.15, 0.2) is 84.4 Å². The average Bonchev–Trinajstić information content (AvgIpc) is 3.19. The Morgan fingerprint density at radius 3 is 2.48 bits per heavy atom. The molecule has 0 unspecified atom stereocenters. The van der Waals surface area contributed by atoms with Crippen molar-refractivity contribution in [3.63, 3.8) is 0 Å². The number of anilines is 1. The van der Waals surface area contributed by atoms with Gasteiger partial charge in [-0.25, -0.2) is 8.42 Å². The lowest BCUT2D eigenvalue weighted by Gasteiger charge is -2.10. The largest absolute Gasteiger partial charge is 0.280 e. The number of pyridine rings is 2. The van der Waals surface area contributed by atoms with E-state index in [0.29, 0.717) is 5.69 Å². The van der Waals surface area contributed by atoms with Gasteiger partial charge >= 0.3 is 0 Å². The molecule has 0 bridgehead atoms. The molecule has 134 valence electrons. The summed E-state index contributed by atoms with van der Waals surface area (Å²) in [6, 6.07) is 14.0. The molecule has 0 atom stereocenters. The van der Waals surface area contributed by atoms with Gasteiger partial charge < -0.3 is 0 Å². The molecular formula is C19H15N5O2S. The van der Waals surface area contributed by atoms with Crippen molar-refractivity contribution in [2.24, 2.45) is 0 Å². The Balaban J connectivity index is 1.68. The molecule has 8 heteroatoms. The number of sulfonamides is 1. The summed E-state index contributed by atoms with van der Waals surface area (Å²) < 4.78 is 27.6. The van der Waals surface area contributed by atoms with Gasteiger partial charge in [0.25, 0.3) is 10.0 Å². The second-order valence-corrected chi connectivity index (χ2v) is 7.45. The fraction of sp³-hybridized carbons (Fsp3) is 0. The molecule has 4 rings (SSSR count). The van der Waals surface area contributed by atoms with Crippen molar-refractivity contribution in [1.82, 2.24) is 20.2 Å². The van der Waals surface area contributed by atoms with Crippen LogP contribution in [0.25, 0.3) is 22.4 Å². The molecule has 3 aromatic heterocycles. The predicted octanol–water partition coefficient (Wildman–Crippen LogP) is 3.33. The van der Waals surface area contributed by atoms with Crippen molar-refractivity contribution in [3.05, 3.63) is 79.5 Å². The fourth-order valence-corrected chi connectivity index (χ4v) is 3.73. The summed E-state index contributed by atoms with van der Waals surface area (Å²) in [5, 5.41) is 7.12. The topological polar surface area (TPSA) is 101 Å². The lowest BCUT2D eigenvalue weighted by Crippen LogP contribution is -2.13. The molecule has 4 aromatic rings. The van der Waals surface area contributed by atoms with Gasteiger partial charge in [-0.2, -0.15) is 5.10 Å². The molecule has 2 N–H and O–H groups in total. The monoisotopic (exact) mass is 377 g/mol. The lowest BCUT2D eigenvalue weighted by atomic mass is 10.0. The Hall–Kier alpha value is -3.52. The minimum atomic E-state index is -3.71. The third-order valence-corrected chi connectivity index (χ3v) is 5.35. The van der Waals surface area contributed by atoms with E-state index in [1.165, 1.54) is 18.5 Å². The Kier molecular flexibility index (Phi) is 4.39. The van der Waals surface area contributed by atoms with Gasteiger partial charge in [-0.15, -0.1) is 0 Å². The Labute approximate surface area is 156 Å². The summed E-state index contributed by atoms with van der Waals surface area (Å²) in [6.45, 7) is 0. The zero-order chi connectivity index (χ0) is 18.7. The first-order valence-electron chi connectivity index (χ1n) is 8.10. The molecule has 7 nitrogen and oxygen atoms in total. The van der Waals surface area contributed by atoms with Crippen molar-refractivity contribution in [2.45, 2.75) is 4.90 Å². The molecule has 0 aliphatic rings. The van der Waals surface area contributed by atoms with E-state index in [1.54, 1.807) is 42.9 Å². The quantitative estimate of drug-likeness (QED) is 0.555. The van der Waals surface area contributed by atoms with Gasteiger partial charge in [0, 0.05) is 41.6 Å². The Bertz CT molecular complexity index is 1160. The number of nitrogens with zero attached hydrogens (tertiary/aromatic N) is 3. The molecule has 0 radical (unpaired) electrons. The summed E-state index contributed by atoms with van der Waals surface area (Å²) in [6.07, 6.45) is 7.99. The number of aromatic nitrogens is 4. The normalized spacial score (nSPS) is 11.3. The Morgan fingerprint density at radius 1 is 0.852 bits per heavy atom. The van der Waals surface area contributed by atoms with Crippen molar-refractivity contribution < 1.29 is 8.42 Å². The van der Waals surface area contributed by atoms with Gasteiger partial charge in [-0.3, -0.25) is 19.8 Å². The second kappa shape index (κ2) is 7.00. The lowest BCUT2D eigenvalue weighted by molar-refractivity contribution is 0.601. The number of H-pyrrole nitrogens is 1. The number of aromatic amines is 1. The van der Waals surface area contributed by atoms with Gasteiger partial charge in [0.2, 0.25) is 0 Å². The molecule has 0 aliphatic heterocycles. The molecule has 0 aliphatic carbocycles. The number of nitrogens with one attached hydrogen (secondary N) is 2. The van der Waals surface area contributed by atoms with Crippen molar-refractivity contribution in [2.75, 3.05) is 4.72 Å². The van der Waals surface area contributed by atoms with E-state index >= 15 is 0 Å². The number of hydrogen-bond donors (Lipinski definition) is 2. The third kappa shape index (κ3) is 3.56. The number of rotatable bonds is 5. The summed E-state index contributed by atoms with van der Waals surface area (Å²) in [5.41, 5.74) is 3.93. The van der Waals surface area contributed by atoms with Crippen molar-refractivity contribution in [3.8, 4) is 22.4 Å². The van der Waals surface area contributed by atoms with Crippen LogP contribution in [0.2, 0.25) is 0 Å². The number of hydrogen-bond acceptors (Lipinski definition) is 5. The maximum Gasteiger partial charge on any atom is 0.263 e. The van der Waals surface area contributed by atoms with Crippen molar-refractivity contribution in [1.29, 1.82) is 0 Å². The minimum Gasteiger partial charge on any atom is -0.280 e. The van der Waals surface area contributed by atoms with Crippen LogP contribution in [0.5, 0.6) is 0 Å². The van der Waals surface area contributed by atoms with E-state index in [0.717, 1.165) is 22.4 Å². The molecule has 1 aromatic carbocycles. The first-order valence-corrected chi connectivity index (χ1v) is 9.59. The molecule has 0 fully saturated rings. The molecule has 0 spiro atoms. The third-order valence-electron chi connectivity index (χ3n) is 3.98. The van der Waals surface area contributed by atoms with E-state index in [-0.39, 0.29) is 4.90 Å². The first-order chi connectivity index (χ1) is 13.1. The van der Waals surface area contributed by atoms with Crippen LogP contribution >= 0.6 is 0 Å². The molecule has 0 saturated carbocycles. The highest BCUT2D eigenvalue weighted by Gasteiger charge is 2.15. The van der Waals surface area contributed by atoms with Crippen LogP contribution in [0, 0.1) is 0 Å². The molecule has 0 amide bonds. The van der Waals surface area contributed by atoms with Crippen LogP contribution in [-0.4, -0.2) is 28.6 Å². The van der Waals surface area contributed by atoms with Crippen molar-refractivity contribution >= 4 is 15.7 Å². The molecular weight excluding hydrogens is 362 g/mol. The maximum absolute atomic E-state index is 12.5. The highest BCUT2D eigenvalue weighted by molar-refractivity contribution is 7.92. The minimum absolute atomic E-state index is 0.106. The highest BCUT2D eigenvalue weighted by Crippen LogP contribution is 2.31. The van der Waals surface area contributed by atoms with Gasteiger partial charge in [0.05, 0.1) is 11.9 Å². The van der Waals surface area contributed by atoms with E-state index in [1.807, 2.05) is 18.2 Å². The molecule has 0 saturated heterocycles. The van der Waals surface area contributed by atoms with E-state index in [9.17, 15) is 8.42 Å². The highest BCUT2D eigenvalue weighted by atomic mass is 32.2. The van der Waals surface area contributed by atoms with Gasteiger partial charge in [0.1, 0.15) is 4.90 Å². The summed E-state index contributed by atoms with van der Waals surface area (Å²) in [5.74, 6) is 0. The molecule has 27 heavy (non-hydrogen) atoms. The summed E-state index contributed by atoms with van der Waals surface area (Å²) >= 11 is 0. The standard InChI is InChI=1S/C19H15N5O2S/c25-27(26,17-5-2-8-21-12-17)24-16-4-1-3-15(11-16)19-18(13-22-23-19)14-6-9-20-10-7-14/h1-13,24H,(H,22,23). The van der Waals surface area contributed by atoms with Crippen LogP contribution in [0.4, 0.5) is 5.69 Å². The number of benzene rings is 1. The van der Waals surface area contributed by atoms with Crippen LogP contribution in [-0.2, 0) is 10.0 Å². The van der Waals surface area contributed by atoms with E-state index in [4.69, 9.17) is 0 Å². The predicted molar refractivity (Wildman–Crippen MR) is 102 cm³/mol. The Morgan fingerprint density at radius 2 is 1.70 bits per heavy atom. The smallest absolute Gasteiger partial charge is 0.263 e. The van der Waals surface area contributed by atoms with Crippen LogP contribution < -0.4 is 4.72 Å². The molecule has 3 heterocycles. The van der Waals surface area contributed by atoms with Crippen LogP contribution in [0.3, 0.4) is 0 Å². The van der Waals surface area contributed by atoms with Crippen LogP contribution in [0.1, 0.15) is 0 Å². The SMILES string of the molecule is O=S(=O)(Nc1cccc(-c2[nH]ncc2-c2ccncc2)c1)c1cccnc1. The van der Waals surface area contributed by atoms with Gasteiger partial charge in [0.15, 0.2) is 0 Å².